The lowest BCUT2D eigenvalue weighted by atomic mass is 10.2. The van der Waals surface area contributed by atoms with Gasteiger partial charge in [0.1, 0.15) is 0 Å². The van der Waals surface area contributed by atoms with Gasteiger partial charge in [0.2, 0.25) is 0 Å². The van der Waals surface area contributed by atoms with Gasteiger partial charge in [-0.2, -0.15) is 5.26 Å². The zero-order valence-corrected chi connectivity index (χ0v) is 10.9. The number of nitriles is 1. The predicted molar refractivity (Wildman–Crippen MR) is 67.2 cm³/mol. The summed E-state index contributed by atoms with van der Waals surface area (Å²) in [7, 11) is 0.572. The Morgan fingerprint density at radius 1 is 1.35 bits per heavy atom. The molecule has 0 saturated carbocycles. The van der Waals surface area contributed by atoms with E-state index in [0.717, 1.165) is 0 Å². The monoisotopic (exact) mass is 252 g/mol. The largest absolute Gasteiger partial charge is 0.308 e. The summed E-state index contributed by atoms with van der Waals surface area (Å²) in [6.45, 7) is 0.514. The van der Waals surface area contributed by atoms with E-state index in [2.05, 4.69) is 0 Å². The molecule has 0 amide bonds. The van der Waals surface area contributed by atoms with Crippen molar-refractivity contribution in [2.75, 3.05) is 26.4 Å². The first kappa shape index (κ1) is 13.7. The summed E-state index contributed by atoms with van der Waals surface area (Å²) in [5.74, 6) is 0.132. The molecule has 5 heteroatoms. The van der Waals surface area contributed by atoms with Crippen molar-refractivity contribution in [2.45, 2.75) is 5.75 Å². The molecule has 1 rings (SSSR count). The Morgan fingerprint density at radius 3 is 2.65 bits per heavy atom. The van der Waals surface area contributed by atoms with Crippen LogP contribution >= 0.6 is 0 Å². The molecule has 4 nitrogen and oxygen atoms in total. The number of nitrogens with zero attached hydrogens (tertiary/aromatic N) is 2. The maximum Gasteiger partial charge on any atom is 0.155 e. The Morgan fingerprint density at radius 2 is 2.06 bits per heavy atom. The standard InChI is InChI=1S/C12H16N2O2S/c1-14(2)6-7-17(15,16)10-12-5-3-4-11(8-12)9-13/h3-5,8H,6-7,10H2,1-2H3. The number of sulfone groups is 1. The molecule has 1 aromatic carbocycles. The van der Waals surface area contributed by atoms with Crippen LogP contribution in [0.15, 0.2) is 24.3 Å². The van der Waals surface area contributed by atoms with Crippen LogP contribution in [0.4, 0.5) is 0 Å². The van der Waals surface area contributed by atoms with Crippen LogP contribution in [0.5, 0.6) is 0 Å². The summed E-state index contributed by atoms with van der Waals surface area (Å²) in [4.78, 5) is 1.84. The summed E-state index contributed by atoms with van der Waals surface area (Å²) >= 11 is 0. The van der Waals surface area contributed by atoms with E-state index in [1.807, 2.05) is 25.1 Å². The second-order valence-electron chi connectivity index (χ2n) is 4.21. The molecule has 0 atom stereocenters. The smallest absolute Gasteiger partial charge is 0.155 e. The van der Waals surface area contributed by atoms with E-state index in [0.29, 0.717) is 17.7 Å². The van der Waals surface area contributed by atoms with Gasteiger partial charge in [-0.15, -0.1) is 0 Å². The molecule has 0 aromatic heterocycles. The van der Waals surface area contributed by atoms with E-state index in [9.17, 15) is 8.42 Å². The van der Waals surface area contributed by atoms with E-state index in [1.54, 1.807) is 24.3 Å². The molecular weight excluding hydrogens is 236 g/mol. The van der Waals surface area contributed by atoms with Crippen LogP contribution in [0, 0.1) is 11.3 Å². The molecule has 17 heavy (non-hydrogen) atoms. The lowest BCUT2D eigenvalue weighted by Crippen LogP contribution is -2.22. The Labute approximate surface area is 102 Å². The quantitative estimate of drug-likeness (QED) is 0.785. The van der Waals surface area contributed by atoms with Gasteiger partial charge in [-0.25, -0.2) is 8.42 Å². The molecule has 1 aromatic rings. The molecular formula is C12H16N2O2S. The molecule has 0 N–H and O–H groups in total. The van der Waals surface area contributed by atoms with Crippen molar-refractivity contribution < 1.29 is 8.42 Å². The van der Waals surface area contributed by atoms with Crippen LogP contribution < -0.4 is 0 Å². The third-order valence-electron chi connectivity index (χ3n) is 2.29. The normalized spacial score (nSPS) is 11.4. The van der Waals surface area contributed by atoms with Crippen molar-refractivity contribution in [3.8, 4) is 6.07 Å². The highest BCUT2D eigenvalue weighted by Crippen LogP contribution is 2.09. The van der Waals surface area contributed by atoms with E-state index >= 15 is 0 Å². The fraction of sp³-hybridized carbons (Fsp3) is 0.417. The van der Waals surface area contributed by atoms with Gasteiger partial charge in [0.05, 0.1) is 23.1 Å². The van der Waals surface area contributed by atoms with Crippen LogP contribution in [0.2, 0.25) is 0 Å². The second kappa shape index (κ2) is 5.80. The van der Waals surface area contributed by atoms with Gasteiger partial charge >= 0.3 is 0 Å². The molecule has 92 valence electrons. The fourth-order valence-electron chi connectivity index (χ4n) is 1.38. The van der Waals surface area contributed by atoms with Gasteiger partial charge in [0, 0.05) is 6.54 Å². The highest BCUT2D eigenvalue weighted by Gasteiger charge is 2.12. The summed E-state index contributed by atoms with van der Waals surface area (Å²) in [6.07, 6.45) is 0. The number of rotatable bonds is 5. The Balaban J connectivity index is 2.73. The first-order valence-corrected chi connectivity index (χ1v) is 7.09. The predicted octanol–water partition coefficient (Wildman–Crippen LogP) is 1.03. The maximum absolute atomic E-state index is 11.8. The lowest BCUT2D eigenvalue weighted by molar-refractivity contribution is 0.432. The molecule has 0 aliphatic carbocycles. The molecule has 0 unspecified atom stereocenters. The van der Waals surface area contributed by atoms with E-state index < -0.39 is 9.84 Å². The van der Waals surface area contributed by atoms with E-state index in [-0.39, 0.29) is 11.5 Å². The second-order valence-corrected chi connectivity index (χ2v) is 6.39. The van der Waals surface area contributed by atoms with E-state index in [1.165, 1.54) is 0 Å². The highest BCUT2D eigenvalue weighted by molar-refractivity contribution is 7.90. The zero-order chi connectivity index (χ0) is 12.9. The fourth-order valence-corrected chi connectivity index (χ4v) is 2.85. The number of hydrogen-bond donors (Lipinski definition) is 0. The molecule has 0 bridgehead atoms. The Kier molecular flexibility index (Phi) is 4.67. The average molecular weight is 252 g/mol. The zero-order valence-electron chi connectivity index (χ0n) is 10.0. The summed E-state index contributed by atoms with van der Waals surface area (Å²) < 4.78 is 23.6. The highest BCUT2D eigenvalue weighted by atomic mass is 32.2. The van der Waals surface area contributed by atoms with Gasteiger partial charge in [-0.05, 0) is 31.8 Å². The van der Waals surface area contributed by atoms with Gasteiger partial charge in [-0.3, -0.25) is 0 Å². The van der Waals surface area contributed by atoms with Crippen molar-refractivity contribution in [3.63, 3.8) is 0 Å². The van der Waals surface area contributed by atoms with Crippen LogP contribution in [-0.2, 0) is 15.6 Å². The molecule has 0 heterocycles. The van der Waals surface area contributed by atoms with Crippen LogP contribution in [-0.4, -0.2) is 39.7 Å². The van der Waals surface area contributed by atoms with Crippen LogP contribution in [0.25, 0.3) is 0 Å². The first-order valence-electron chi connectivity index (χ1n) is 5.27. The minimum absolute atomic E-state index is 0.00361. The third-order valence-corrected chi connectivity index (χ3v) is 3.87. The van der Waals surface area contributed by atoms with Crippen molar-refractivity contribution in [3.05, 3.63) is 35.4 Å². The molecule has 0 aliphatic rings. The van der Waals surface area contributed by atoms with Crippen LogP contribution in [0.1, 0.15) is 11.1 Å². The number of hydrogen-bond acceptors (Lipinski definition) is 4. The Bertz CT molecular complexity index is 516. The third kappa shape index (κ3) is 4.98. The summed E-state index contributed by atoms with van der Waals surface area (Å²) in [5.41, 5.74) is 1.16. The topological polar surface area (TPSA) is 61.2 Å². The Hall–Kier alpha value is -1.38. The molecule has 0 aliphatic heterocycles. The maximum atomic E-state index is 11.8. The average Bonchev–Trinajstić information content (AvgIpc) is 2.26. The van der Waals surface area contributed by atoms with E-state index in [4.69, 9.17) is 5.26 Å². The summed E-state index contributed by atoms with van der Waals surface area (Å²) in [6, 6.07) is 8.72. The van der Waals surface area contributed by atoms with Crippen molar-refractivity contribution in [1.29, 1.82) is 5.26 Å². The first-order chi connectivity index (χ1) is 7.93. The lowest BCUT2D eigenvalue weighted by Gasteiger charge is -2.10. The van der Waals surface area contributed by atoms with Gasteiger partial charge in [0.25, 0.3) is 0 Å². The molecule has 0 radical (unpaired) electrons. The van der Waals surface area contributed by atoms with Crippen LogP contribution in [0.3, 0.4) is 0 Å². The van der Waals surface area contributed by atoms with Crippen molar-refractivity contribution in [1.82, 2.24) is 4.90 Å². The molecule has 0 spiro atoms. The minimum atomic E-state index is -3.11. The van der Waals surface area contributed by atoms with Crippen molar-refractivity contribution in [2.24, 2.45) is 0 Å². The van der Waals surface area contributed by atoms with Crippen molar-refractivity contribution >= 4 is 9.84 Å². The van der Waals surface area contributed by atoms with Gasteiger partial charge in [0.15, 0.2) is 9.84 Å². The minimum Gasteiger partial charge on any atom is -0.308 e. The van der Waals surface area contributed by atoms with Gasteiger partial charge < -0.3 is 4.90 Å². The SMILES string of the molecule is CN(C)CCS(=O)(=O)Cc1cccc(C#N)c1. The molecule has 0 fully saturated rings. The van der Waals surface area contributed by atoms with Gasteiger partial charge in [-0.1, -0.05) is 12.1 Å². The summed E-state index contributed by atoms with van der Waals surface area (Å²) in [5, 5.41) is 8.73. The molecule has 0 saturated heterocycles. The number of benzene rings is 1.